The molecule has 14 heteroatoms. The van der Waals surface area contributed by atoms with Crippen LogP contribution in [0.4, 0.5) is 0 Å². The minimum absolute atomic E-state index is 0.0503. The predicted octanol–water partition coefficient (Wildman–Crippen LogP) is 3.08. The maximum atomic E-state index is 14.3. The lowest BCUT2D eigenvalue weighted by molar-refractivity contribution is -0.129. The minimum Gasteiger partial charge on any atom is -0.384 e. The van der Waals surface area contributed by atoms with Crippen molar-refractivity contribution in [2.24, 2.45) is 5.73 Å². The monoisotopic (exact) mass is 813 g/mol. The van der Waals surface area contributed by atoms with Crippen molar-refractivity contribution >= 4 is 39.5 Å². The quantitative estimate of drug-likeness (QED) is 0.0919. The summed E-state index contributed by atoms with van der Waals surface area (Å²) in [5, 5.41) is 19.3. The molecule has 0 unspecified atom stereocenters. The number of sulfonamides is 1. The molecule has 0 saturated heterocycles. The number of nitrogen functional groups attached to an aromatic ring is 1. The molecule has 0 saturated carbocycles. The van der Waals surface area contributed by atoms with Gasteiger partial charge >= 0.3 is 0 Å². The summed E-state index contributed by atoms with van der Waals surface area (Å²) in [5.41, 5.74) is 11.7. The van der Waals surface area contributed by atoms with Gasteiger partial charge in [0.15, 0.2) is 0 Å². The first-order valence-corrected chi connectivity index (χ1v) is 20.9. The van der Waals surface area contributed by atoms with E-state index in [4.69, 9.17) is 11.1 Å². The number of amidine groups is 1. The Morgan fingerprint density at radius 2 is 1.22 bits per heavy atom. The Morgan fingerprint density at radius 3 is 1.80 bits per heavy atom. The van der Waals surface area contributed by atoms with Crippen molar-refractivity contribution < 1.29 is 27.6 Å². The highest BCUT2D eigenvalue weighted by Gasteiger charge is 2.30. The Kier molecular flexibility index (Phi) is 14.0. The Bertz CT molecular complexity index is 2420. The second-order valence-corrected chi connectivity index (χ2v) is 16.3. The number of nitrogens with one attached hydrogen (secondary N) is 6. The maximum absolute atomic E-state index is 14.3. The number of nitrogens with two attached hydrogens (primary N) is 1. The van der Waals surface area contributed by atoms with Crippen LogP contribution < -0.4 is 31.7 Å². The average Bonchev–Trinajstić information content (AvgIpc) is 3.22. The van der Waals surface area contributed by atoms with Gasteiger partial charge in [-0.2, -0.15) is 0 Å². The summed E-state index contributed by atoms with van der Waals surface area (Å²) in [7, 11) is -4.07. The molecule has 0 fully saturated rings. The number of amides is 4. The van der Waals surface area contributed by atoms with Gasteiger partial charge in [0.05, 0.1) is 18.6 Å². The van der Waals surface area contributed by atoms with Gasteiger partial charge < -0.3 is 27.0 Å². The summed E-state index contributed by atoms with van der Waals surface area (Å²) in [6.45, 7) is 0.469. The molecule has 5 aromatic rings. The van der Waals surface area contributed by atoms with Crippen LogP contribution in [0.5, 0.6) is 0 Å². The van der Waals surface area contributed by atoms with E-state index in [-0.39, 0.29) is 68.7 Å². The van der Waals surface area contributed by atoms with Crippen LogP contribution >= 0.6 is 0 Å². The molecule has 0 aromatic heterocycles. The Labute approximate surface area is 343 Å². The van der Waals surface area contributed by atoms with E-state index in [0.29, 0.717) is 22.3 Å². The lowest BCUT2D eigenvalue weighted by atomic mass is 9.99. The average molecular weight is 814 g/mol. The van der Waals surface area contributed by atoms with Crippen LogP contribution in [-0.2, 0) is 80.3 Å². The second-order valence-electron chi connectivity index (χ2n) is 14.5. The van der Waals surface area contributed by atoms with Crippen molar-refractivity contribution in [1.29, 1.82) is 5.41 Å². The number of hydrogen-bond acceptors (Lipinski definition) is 7. The minimum atomic E-state index is -4.07. The van der Waals surface area contributed by atoms with Crippen molar-refractivity contribution in [1.82, 2.24) is 26.0 Å². The van der Waals surface area contributed by atoms with Gasteiger partial charge in [0.1, 0.15) is 17.9 Å². The zero-order chi connectivity index (χ0) is 41.8. The zero-order valence-corrected chi connectivity index (χ0v) is 33.2. The van der Waals surface area contributed by atoms with E-state index in [2.05, 4.69) is 26.0 Å². The van der Waals surface area contributed by atoms with E-state index in [1.165, 1.54) is 0 Å². The molecular formula is C45H47N7O6S. The molecule has 1 aliphatic heterocycles. The normalized spacial score (nSPS) is 16.8. The highest BCUT2D eigenvalue weighted by molar-refractivity contribution is 7.88. The van der Waals surface area contributed by atoms with Gasteiger partial charge in [-0.15, -0.1) is 0 Å². The molecule has 59 heavy (non-hydrogen) atoms. The van der Waals surface area contributed by atoms with Crippen LogP contribution in [-0.4, -0.2) is 50.0 Å². The van der Waals surface area contributed by atoms with Gasteiger partial charge in [0, 0.05) is 31.6 Å². The molecule has 13 nitrogen and oxygen atoms in total. The van der Waals surface area contributed by atoms with Gasteiger partial charge in [-0.1, -0.05) is 127 Å². The maximum Gasteiger partial charge on any atom is 0.243 e. The third kappa shape index (κ3) is 12.7. The molecule has 0 aliphatic carbocycles. The fourth-order valence-electron chi connectivity index (χ4n) is 6.82. The zero-order valence-electron chi connectivity index (χ0n) is 32.4. The van der Waals surface area contributed by atoms with Crippen LogP contribution in [0.1, 0.15) is 50.1 Å². The van der Waals surface area contributed by atoms with Gasteiger partial charge in [-0.3, -0.25) is 24.6 Å². The van der Waals surface area contributed by atoms with E-state index >= 15 is 0 Å². The molecule has 1 aliphatic rings. The van der Waals surface area contributed by atoms with Crippen molar-refractivity contribution in [3.63, 3.8) is 0 Å². The largest absolute Gasteiger partial charge is 0.384 e. The third-order valence-corrected chi connectivity index (χ3v) is 11.2. The van der Waals surface area contributed by atoms with E-state index in [9.17, 15) is 27.6 Å². The Hall–Kier alpha value is -6.64. The molecule has 4 amide bonds. The smallest absolute Gasteiger partial charge is 0.243 e. The van der Waals surface area contributed by atoms with Crippen LogP contribution in [0, 0.1) is 5.41 Å². The lowest BCUT2D eigenvalue weighted by Gasteiger charge is -2.24. The number of fused-ring (bicyclic) bond motifs is 5. The molecule has 0 spiro atoms. The number of benzene rings is 5. The summed E-state index contributed by atoms with van der Waals surface area (Å²) in [6.07, 6.45) is 0.139. The Balaban J connectivity index is 1.32. The fraction of sp³-hybridized carbons (Fsp3) is 0.222. The molecule has 1 heterocycles. The first kappa shape index (κ1) is 42.0. The van der Waals surface area contributed by atoms with E-state index in [1.54, 1.807) is 78.9 Å². The molecule has 0 radical (unpaired) electrons. The van der Waals surface area contributed by atoms with Gasteiger partial charge in [0.2, 0.25) is 33.7 Å². The molecular weight excluding hydrogens is 767 g/mol. The standard InChI is InChI=1S/C45H47N7O6S/c46-43(47)36-18-16-30(17-19-36)26-50-44(55)39-22-32-10-6-12-34(20-32)27-48-41(53)24-37-14-4-5-15-38(37)25-42(54)49-28-35-13-7-11-33(21-35)23-40(45(56)51-39)52-59(57,58)29-31-8-2-1-3-9-31/h1-21,39-40,52H,22-29H2,(H3,46,47)(H,48,53)(H,49,54)(H,50,55)(H,51,56)/t39-,40+/m0/s1. The number of carbonyl (C=O) groups is 4. The summed E-state index contributed by atoms with van der Waals surface area (Å²) in [6, 6.07) is 34.7. The second kappa shape index (κ2) is 19.7. The van der Waals surface area contributed by atoms with Crippen LogP contribution in [0.3, 0.4) is 0 Å². The van der Waals surface area contributed by atoms with Crippen molar-refractivity contribution in [3.8, 4) is 0 Å². The summed E-state index contributed by atoms with van der Waals surface area (Å²) < 4.78 is 29.8. The highest BCUT2D eigenvalue weighted by Crippen LogP contribution is 2.15. The van der Waals surface area contributed by atoms with Crippen LogP contribution in [0.15, 0.2) is 127 Å². The number of hydrogen-bond donors (Lipinski definition) is 7. The molecule has 304 valence electrons. The Morgan fingerprint density at radius 1 is 0.678 bits per heavy atom. The summed E-state index contributed by atoms with van der Waals surface area (Å²) in [5.74, 6) is -2.16. The van der Waals surface area contributed by atoms with Crippen LogP contribution in [0.25, 0.3) is 0 Å². The SMILES string of the molecule is N=C(N)c1ccc(CNC(=O)[C@@H]2Cc3cccc(c3)CNC(=O)Cc3ccccc3CC(=O)NCc3cccc(c3)C[C@@H](NS(=O)(=O)Cc3ccccc3)C(=O)N2)cc1. The predicted molar refractivity (Wildman–Crippen MR) is 225 cm³/mol. The van der Waals surface area contributed by atoms with Crippen molar-refractivity contribution in [2.45, 2.75) is 63.2 Å². The van der Waals surface area contributed by atoms with Gasteiger partial charge in [0.25, 0.3) is 0 Å². The number of rotatable bonds is 8. The summed E-state index contributed by atoms with van der Waals surface area (Å²) >= 11 is 0. The molecule has 4 bridgehead atoms. The topological polar surface area (TPSA) is 212 Å². The lowest BCUT2D eigenvalue weighted by Crippen LogP contribution is -2.55. The van der Waals surface area contributed by atoms with Crippen molar-refractivity contribution in [2.75, 3.05) is 0 Å². The molecule has 5 aromatic carbocycles. The first-order chi connectivity index (χ1) is 28.4. The number of carbonyl (C=O) groups excluding carboxylic acids is 4. The molecule has 8 N–H and O–H groups in total. The van der Waals surface area contributed by atoms with E-state index in [1.807, 2.05) is 48.5 Å². The highest BCUT2D eigenvalue weighted by atomic mass is 32.2. The van der Waals surface area contributed by atoms with Gasteiger partial charge in [-0.05, 0) is 50.9 Å². The molecule has 6 rings (SSSR count). The van der Waals surface area contributed by atoms with Gasteiger partial charge in [-0.25, -0.2) is 13.1 Å². The van der Waals surface area contributed by atoms with Crippen LogP contribution in [0.2, 0.25) is 0 Å². The van der Waals surface area contributed by atoms with E-state index < -0.39 is 33.9 Å². The third-order valence-electron chi connectivity index (χ3n) is 9.86. The summed E-state index contributed by atoms with van der Waals surface area (Å²) in [4.78, 5) is 54.6. The van der Waals surface area contributed by atoms with Crippen molar-refractivity contribution in [3.05, 3.63) is 177 Å². The van der Waals surface area contributed by atoms with E-state index in [0.717, 1.165) is 27.8 Å². The first-order valence-electron chi connectivity index (χ1n) is 19.2. The fourth-order valence-corrected chi connectivity index (χ4v) is 8.15. The molecule has 2 atom stereocenters.